The molecular weight excluding hydrogens is 176 g/mol. The lowest BCUT2D eigenvalue weighted by Gasteiger charge is -1.97. The van der Waals surface area contributed by atoms with E-state index in [2.05, 4.69) is 4.98 Å². The largest absolute Gasteiger partial charge is 0.332 e. The maximum atomic E-state index is 10.9. The molecule has 72 valence electrons. The number of aromatic nitrogens is 2. The van der Waals surface area contributed by atoms with Crippen LogP contribution in [0.2, 0.25) is 0 Å². The zero-order valence-electron chi connectivity index (χ0n) is 8.53. The lowest BCUT2D eigenvalue weighted by atomic mass is 10.2. The Bertz CT molecular complexity index is 511. The molecule has 0 N–H and O–H groups in total. The summed E-state index contributed by atoms with van der Waals surface area (Å²) in [7, 11) is 1.93. The minimum Gasteiger partial charge on any atom is -0.332 e. The summed E-state index contributed by atoms with van der Waals surface area (Å²) in [5.41, 5.74) is 3.56. The molecule has 2 rings (SSSR count). The van der Waals surface area contributed by atoms with Crippen LogP contribution >= 0.6 is 0 Å². The molecule has 0 saturated carbocycles. The van der Waals surface area contributed by atoms with Crippen molar-refractivity contribution in [3.05, 3.63) is 29.1 Å². The van der Waals surface area contributed by atoms with Gasteiger partial charge in [0.05, 0.1) is 0 Å². The lowest BCUT2D eigenvalue weighted by Crippen LogP contribution is -1.93. The first kappa shape index (κ1) is 8.94. The predicted octanol–water partition coefficient (Wildman–Crippen LogP) is 2.00. The molecule has 0 atom stereocenters. The third-order valence-electron chi connectivity index (χ3n) is 2.63. The molecule has 0 aliphatic rings. The molecule has 14 heavy (non-hydrogen) atoms. The van der Waals surface area contributed by atoms with Gasteiger partial charge in [-0.25, -0.2) is 4.98 Å². The molecule has 0 radical (unpaired) electrons. The molecule has 2 aromatic heterocycles. The Hall–Kier alpha value is -1.64. The van der Waals surface area contributed by atoms with Crippen LogP contribution in [0, 0.1) is 13.8 Å². The van der Waals surface area contributed by atoms with Crippen LogP contribution in [0.15, 0.2) is 12.1 Å². The minimum atomic E-state index is 0.745. The van der Waals surface area contributed by atoms with Crippen LogP contribution in [0.1, 0.15) is 21.7 Å². The highest BCUT2D eigenvalue weighted by molar-refractivity contribution is 5.97. The van der Waals surface area contributed by atoms with E-state index in [1.807, 2.05) is 37.6 Å². The molecule has 0 saturated heterocycles. The summed E-state index contributed by atoms with van der Waals surface area (Å²) in [6, 6.07) is 3.88. The third kappa shape index (κ3) is 1.05. The molecule has 0 aliphatic carbocycles. The summed E-state index contributed by atoms with van der Waals surface area (Å²) in [5.74, 6) is 0. The van der Waals surface area contributed by atoms with Crippen molar-refractivity contribution in [1.29, 1.82) is 0 Å². The summed E-state index contributed by atoms with van der Waals surface area (Å²) in [5, 5.41) is 0.936. The highest BCUT2D eigenvalue weighted by atomic mass is 16.1. The Labute approximate surface area is 82.4 Å². The van der Waals surface area contributed by atoms with Gasteiger partial charge in [0.2, 0.25) is 0 Å². The SMILES string of the molecule is Cc1ccc2c(C=O)c(C)n(C)c2n1. The van der Waals surface area contributed by atoms with Crippen molar-refractivity contribution in [2.45, 2.75) is 13.8 Å². The molecule has 2 aromatic rings. The zero-order valence-corrected chi connectivity index (χ0v) is 8.53. The van der Waals surface area contributed by atoms with Gasteiger partial charge in [0.1, 0.15) is 5.65 Å². The van der Waals surface area contributed by atoms with Gasteiger partial charge in [-0.2, -0.15) is 0 Å². The van der Waals surface area contributed by atoms with E-state index in [0.29, 0.717) is 0 Å². The second-order valence-corrected chi connectivity index (χ2v) is 3.50. The standard InChI is InChI=1S/C11H12N2O/c1-7-4-5-9-10(6-14)8(2)13(3)11(9)12-7/h4-6H,1-3H3. The fourth-order valence-electron chi connectivity index (χ4n) is 1.69. The summed E-state index contributed by atoms with van der Waals surface area (Å²) in [6.45, 7) is 3.88. The molecule has 0 fully saturated rings. The van der Waals surface area contributed by atoms with Gasteiger partial charge in [0.15, 0.2) is 6.29 Å². The van der Waals surface area contributed by atoms with Crippen molar-refractivity contribution in [1.82, 2.24) is 9.55 Å². The van der Waals surface area contributed by atoms with Crippen molar-refractivity contribution >= 4 is 17.3 Å². The quantitative estimate of drug-likeness (QED) is 0.641. The number of carbonyl (C=O) groups excluding carboxylic acids is 1. The number of pyridine rings is 1. The van der Waals surface area contributed by atoms with Gasteiger partial charge in [-0.15, -0.1) is 0 Å². The Morgan fingerprint density at radius 3 is 2.71 bits per heavy atom. The van der Waals surface area contributed by atoms with Crippen molar-refractivity contribution in [2.24, 2.45) is 7.05 Å². The number of carbonyl (C=O) groups is 1. The maximum absolute atomic E-state index is 10.9. The fourth-order valence-corrected chi connectivity index (χ4v) is 1.69. The van der Waals surface area contributed by atoms with Gasteiger partial charge in [-0.05, 0) is 26.0 Å². The zero-order chi connectivity index (χ0) is 10.3. The second kappa shape index (κ2) is 2.94. The van der Waals surface area contributed by atoms with Crippen LogP contribution in [0.4, 0.5) is 0 Å². The molecule has 0 bridgehead atoms. The molecular formula is C11H12N2O. The Kier molecular flexibility index (Phi) is 1.88. The van der Waals surface area contributed by atoms with Crippen LogP contribution < -0.4 is 0 Å². The van der Waals surface area contributed by atoms with Crippen molar-refractivity contribution in [3.8, 4) is 0 Å². The second-order valence-electron chi connectivity index (χ2n) is 3.50. The molecule has 2 heterocycles. The molecule has 0 amide bonds. The number of aryl methyl sites for hydroxylation is 2. The van der Waals surface area contributed by atoms with E-state index in [1.165, 1.54) is 0 Å². The molecule has 0 aromatic carbocycles. The van der Waals surface area contributed by atoms with E-state index in [0.717, 1.165) is 34.3 Å². The number of hydrogen-bond donors (Lipinski definition) is 0. The maximum Gasteiger partial charge on any atom is 0.152 e. The molecule has 0 spiro atoms. The Morgan fingerprint density at radius 1 is 1.36 bits per heavy atom. The van der Waals surface area contributed by atoms with E-state index >= 15 is 0 Å². The van der Waals surface area contributed by atoms with Crippen LogP contribution in [-0.2, 0) is 7.05 Å². The normalized spacial score (nSPS) is 10.8. The fraction of sp³-hybridized carbons (Fsp3) is 0.273. The number of nitrogens with zero attached hydrogens (tertiary/aromatic N) is 2. The average Bonchev–Trinajstić information content (AvgIpc) is 2.41. The summed E-state index contributed by atoms with van der Waals surface area (Å²) >= 11 is 0. The van der Waals surface area contributed by atoms with Crippen LogP contribution in [0.5, 0.6) is 0 Å². The molecule has 0 aliphatic heterocycles. The van der Waals surface area contributed by atoms with E-state index in [4.69, 9.17) is 0 Å². The number of aldehydes is 1. The smallest absolute Gasteiger partial charge is 0.152 e. The Morgan fingerprint density at radius 2 is 2.07 bits per heavy atom. The van der Waals surface area contributed by atoms with Gasteiger partial charge in [-0.1, -0.05) is 0 Å². The van der Waals surface area contributed by atoms with Crippen LogP contribution in [0.25, 0.3) is 11.0 Å². The minimum absolute atomic E-state index is 0.745. The van der Waals surface area contributed by atoms with Crippen LogP contribution in [0.3, 0.4) is 0 Å². The first-order valence-corrected chi connectivity index (χ1v) is 4.53. The molecule has 3 nitrogen and oxygen atoms in total. The average molecular weight is 188 g/mol. The molecule has 0 unspecified atom stereocenters. The van der Waals surface area contributed by atoms with Gasteiger partial charge in [-0.3, -0.25) is 4.79 Å². The van der Waals surface area contributed by atoms with E-state index < -0.39 is 0 Å². The van der Waals surface area contributed by atoms with Crippen molar-refractivity contribution in [3.63, 3.8) is 0 Å². The van der Waals surface area contributed by atoms with Gasteiger partial charge < -0.3 is 4.57 Å². The van der Waals surface area contributed by atoms with Gasteiger partial charge in [0, 0.05) is 29.4 Å². The number of fused-ring (bicyclic) bond motifs is 1. The van der Waals surface area contributed by atoms with Gasteiger partial charge >= 0.3 is 0 Å². The monoisotopic (exact) mass is 188 g/mol. The summed E-state index contributed by atoms with van der Waals surface area (Å²) < 4.78 is 1.95. The van der Waals surface area contributed by atoms with Crippen molar-refractivity contribution < 1.29 is 4.79 Å². The van der Waals surface area contributed by atoms with Crippen LogP contribution in [-0.4, -0.2) is 15.8 Å². The predicted molar refractivity (Wildman–Crippen MR) is 55.6 cm³/mol. The van der Waals surface area contributed by atoms with E-state index in [-0.39, 0.29) is 0 Å². The third-order valence-corrected chi connectivity index (χ3v) is 2.63. The number of rotatable bonds is 1. The first-order chi connectivity index (χ1) is 6.65. The van der Waals surface area contributed by atoms with Gasteiger partial charge in [0.25, 0.3) is 0 Å². The first-order valence-electron chi connectivity index (χ1n) is 4.53. The number of hydrogen-bond acceptors (Lipinski definition) is 2. The highest BCUT2D eigenvalue weighted by Crippen LogP contribution is 2.21. The van der Waals surface area contributed by atoms with E-state index in [9.17, 15) is 4.79 Å². The Balaban J connectivity index is 2.95. The van der Waals surface area contributed by atoms with E-state index in [1.54, 1.807) is 0 Å². The van der Waals surface area contributed by atoms with Crippen molar-refractivity contribution in [2.75, 3.05) is 0 Å². The topological polar surface area (TPSA) is 34.9 Å². The molecule has 3 heteroatoms. The lowest BCUT2D eigenvalue weighted by molar-refractivity contribution is 0.112. The highest BCUT2D eigenvalue weighted by Gasteiger charge is 2.11. The summed E-state index contributed by atoms with van der Waals surface area (Å²) in [4.78, 5) is 15.3. The summed E-state index contributed by atoms with van der Waals surface area (Å²) in [6.07, 6.45) is 0.897.